The van der Waals surface area contributed by atoms with Gasteiger partial charge in [-0.25, -0.2) is 0 Å². The minimum atomic E-state index is -0.413. The Morgan fingerprint density at radius 2 is 1.96 bits per heavy atom. The Kier molecular flexibility index (Phi) is 6.04. The normalized spacial score (nSPS) is 20.6. The molecule has 1 aromatic carbocycles. The molecule has 3 rings (SSSR count). The predicted molar refractivity (Wildman–Crippen MR) is 94.1 cm³/mol. The van der Waals surface area contributed by atoms with E-state index in [9.17, 15) is 9.59 Å². The van der Waals surface area contributed by atoms with E-state index in [2.05, 4.69) is 0 Å². The quantitative estimate of drug-likeness (QED) is 0.795. The van der Waals surface area contributed by atoms with Gasteiger partial charge in [-0.05, 0) is 25.0 Å². The fourth-order valence-corrected chi connectivity index (χ4v) is 3.46. The third-order valence-corrected chi connectivity index (χ3v) is 4.97. The van der Waals surface area contributed by atoms with Gasteiger partial charge >= 0.3 is 0 Å². The summed E-state index contributed by atoms with van der Waals surface area (Å²) in [6, 6.07) is 4.42. The van der Waals surface area contributed by atoms with Crippen LogP contribution in [-0.4, -0.2) is 67.1 Å². The molecule has 136 valence electrons. The van der Waals surface area contributed by atoms with E-state index in [1.807, 2.05) is 0 Å². The number of morpholine rings is 1. The summed E-state index contributed by atoms with van der Waals surface area (Å²) in [5.41, 5.74) is 0. The molecule has 25 heavy (non-hydrogen) atoms. The van der Waals surface area contributed by atoms with Crippen LogP contribution in [0.25, 0.3) is 0 Å². The minimum Gasteiger partial charge on any atom is -0.482 e. The van der Waals surface area contributed by atoms with Crippen LogP contribution in [0.3, 0.4) is 0 Å². The fraction of sp³-hybridized carbons (Fsp3) is 0.529. The molecular weight excluding hydrogens is 367 g/mol. The number of hydrogen-bond donors (Lipinski definition) is 0. The van der Waals surface area contributed by atoms with Crippen LogP contribution >= 0.6 is 23.2 Å². The maximum Gasteiger partial charge on any atom is 0.261 e. The first-order chi connectivity index (χ1) is 12.1. The van der Waals surface area contributed by atoms with Crippen LogP contribution in [0.4, 0.5) is 0 Å². The number of rotatable bonds is 4. The lowest BCUT2D eigenvalue weighted by Crippen LogP contribution is -2.51. The number of benzene rings is 1. The number of nitrogens with zero attached hydrogens (tertiary/aromatic N) is 2. The summed E-state index contributed by atoms with van der Waals surface area (Å²) in [7, 11) is 0. The molecule has 2 aliphatic rings. The van der Waals surface area contributed by atoms with Gasteiger partial charge in [0.15, 0.2) is 6.61 Å². The molecule has 2 saturated heterocycles. The van der Waals surface area contributed by atoms with Crippen molar-refractivity contribution in [2.45, 2.75) is 18.9 Å². The summed E-state index contributed by atoms with van der Waals surface area (Å²) >= 11 is 12.0. The van der Waals surface area contributed by atoms with Crippen LogP contribution in [0.1, 0.15) is 12.8 Å². The van der Waals surface area contributed by atoms with Crippen molar-refractivity contribution in [3.8, 4) is 5.75 Å². The van der Waals surface area contributed by atoms with Crippen molar-refractivity contribution in [1.82, 2.24) is 9.80 Å². The molecular formula is C17H20Cl2N2O4. The number of likely N-dealkylation sites (tertiary alicyclic amines) is 1. The standard InChI is InChI=1S/C17H20Cl2N2O4/c18-12-3-4-13(19)15(10-12)25-11-16(22)21-5-1-2-14(21)17(23)20-6-8-24-9-7-20/h3-4,10,14H,1-2,5-9,11H2/t14-/m0/s1. The van der Waals surface area contributed by atoms with Gasteiger partial charge in [0, 0.05) is 30.7 Å². The molecule has 0 aromatic heterocycles. The summed E-state index contributed by atoms with van der Waals surface area (Å²) in [6.45, 7) is 2.63. The molecule has 2 heterocycles. The first kappa shape index (κ1) is 18.3. The van der Waals surface area contributed by atoms with E-state index < -0.39 is 6.04 Å². The molecule has 2 fully saturated rings. The van der Waals surface area contributed by atoms with Crippen molar-refractivity contribution in [2.24, 2.45) is 0 Å². The molecule has 0 N–H and O–H groups in total. The van der Waals surface area contributed by atoms with E-state index >= 15 is 0 Å². The van der Waals surface area contributed by atoms with Gasteiger partial charge in [0.25, 0.3) is 5.91 Å². The average Bonchev–Trinajstić information content (AvgIpc) is 3.12. The van der Waals surface area contributed by atoms with Gasteiger partial charge in [-0.1, -0.05) is 23.2 Å². The van der Waals surface area contributed by atoms with Gasteiger partial charge in [0.2, 0.25) is 5.91 Å². The first-order valence-electron chi connectivity index (χ1n) is 8.30. The third-order valence-electron chi connectivity index (χ3n) is 4.43. The molecule has 8 heteroatoms. The van der Waals surface area contributed by atoms with E-state index in [1.165, 1.54) is 0 Å². The second-order valence-corrected chi connectivity index (χ2v) is 6.89. The molecule has 0 bridgehead atoms. The van der Waals surface area contributed by atoms with E-state index in [4.69, 9.17) is 32.7 Å². The van der Waals surface area contributed by atoms with E-state index in [1.54, 1.807) is 28.0 Å². The highest BCUT2D eigenvalue weighted by Gasteiger charge is 2.37. The van der Waals surface area contributed by atoms with Crippen LogP contribution in [0.2, 0.25) is 10.0 Å². The molecule has 0 aliphatic carbocycles. The monoisotopic (exact) mass is 386 g/mol. The van der Waals surface area contributed by atoms with E-state index in [0.717, 1.165) is 6.42 Å². The largest absolute Gasteiger partial charge is 0.482 e. The lowest BCUT2D eigenvalue weighted by atomic mass is 10.2. The van der Waals surface area contributed by atoms with E-state index in [0.29, 0.717) is 55.1 Å². The van der Waals surface area contributed by atoms with Gasteiger partial charge in [0.05, 0.1) is 18.2 Å². The van der Waals surface area contributed by atoms with Crippen LogP contribution < -0.4 is 4.74 Å². The number of ether oxygens (including phenoxy) is 2. The first-order valence-corrected chi connectivity index (χ1v) is 9.05. The number of carbonyl (C=O) groups excluding carboxylic acids is 2. The highest BCUT2D eigenvalue weighted by molar-refractivity contribution is 6.34. The van der Waals surface area contributed by atoms with Crippen LogP contribution in [-0.2, 0) is 14.3 Å². The molecule has 2 aliphatic heterocycles. The van der Waals surface area contributed by atoms with Crippen LogP contribution in [0.15, 0.2) is 18.2 Å². The number of halogens is 2. The highest BCUT2D eigenvalue weighted by atomic mass is 35.5. The van der Waals surface area contributed by atoms with Gasteiger partial charge in [-0.3, -0.25) is 9.59 Å². The van der Waals surface area contributed by atoms with Gasteiger partial charge in [-0.15, -0.1) is 0 Å². The number of carbonyl (C=O) groups is 2. The molecule has 0 unspecified atom stereocenters. The predicted octanol–water partition coefficient (Wildman–Crippen LogP) is 2.22. The average molecular weight is 387 g/mol. The van der Waals surface area contributed by atoms with Crippen molar-refractivity contribution in [3.05, 3.63) is 28.2 Å². The lowest BCUT2D eigenvalue weighted by molar-refractivity contribution is -0.147. The second-order valence-electron chi connectivity index (χ2n) is 6.05. The second kappa shape index (κ2) is 8.25. The zero-order valence-corrected chi connectivity index (χ0v) is 15.3. The van der Waals surface area contributed by atoms with Crippen molar-refractivity contribution < 1.29 is 19.1 Å². The smallest absolute Gasteiger partial charge is 0.261 e. The zero-order chi connectivity index (χ0) is 17.8. The van der Waals surface area contributed by atoms with Crippen molar-refractivity contribution in [1.29, 1.82) is 0 Å². The molecule has 2 amide bonds. The van der Waals surface area contributed by atoms with Gasteiger partial charge < -0.3 is 19.3 Å². The van der Waals surface area contributed by atoms with Crippen molar-refractivity contribution in [3.63, 3.8) is 0 Å². The van der Waals surface area contributed by atoms with E-state index in [-0.39, 0.29) is 18.4 Å². The Morgan fingerprint density at radius 3 is 2.72 bits per heavy atom. The van der Waals surface area contributed by atoms with Gasteiger partial charge in [-0.2, -0.15) is 0 Å². The van der Waals surface area contributed by atoms with Crippen LogP contribution in [0.5, 0.6) is 5.75 Å². The molecule has 0 spiro atoms. The highest BCUT2D eigenvalue weighted by Crippen LogP contribution is 2.28. The Balaban J connectivity index is 1.60. The Morgan fingerprint density at radius 1 is 1.20 bits per heavy atom. The number of amides is 2. The van der Waals surface area contributed by atoms with Crippen molar-refractivity contribution >= 4 is 35.0 Å². The zero-order valence-electron chi connectivity index (χ0n) is 13.7. The Bertz CT molecular complexity index is 650. The molecule has 6 nitrogen and oxygen atoms in total. The molecule has 1 atom stereocenters. The van der Waals surface area contributed by atoms with Crippen LogP contribution in [0, 0.1) is 0 Å². The maximum absolute atomic E-state index is 12.7. The Hall–Kier alpha value is -1.50. The summed E-state index contributed by atoms with van der Waals surface area (Å²) in [5.74, 6) is 0.132. The SMILES string of the molecule is O=C([C@@H]1CCCN1C(=O)COc1cc(Cl)ccc1Cl)N1CCOCC1. The topological polar surface area (TPSA) is 59.1 Å². The third kappa shape index (κ3) is 4.37. The minimum absolute atomic E-state index is 0.00469. The summed E-state index contributed by atoms with van der Waals surface area (Å²) in [6.07, 6.45) is 1.49. The molecule has 1 aromatic rings. The Labute approximate surface area is 156 Å². The summed E-state index contributed by atoms with van der Waals surface area (Å²) in [4.78, 5) is 28.6. The van der Waals surface area contributed by atoms with Gasteiger partial charge in [0.1, 0.15) is 11.8 Å². The maximum atomic E-state index is 12.7. The molecule has 0 saturated carbocycles. The summed E-state index contributed by atoms with van der Waals surface area (Å²) < 4.78 is 10.8. The van der Waals surface area contributed by atoms with Crippen molar-refractivity contribution in [2.75, 3.05) is 39.5 Å². The number of hydrogen-bond acceptors (Lipinski definition) is 4. The fourth-order valence-electron chi connectivity index (χ4n) is 3.13. The summed E-state index contributed by atoms with van der Waals surface area (Å²) in [5, 5.41) is 0.868. The lowest BCUT2D eigenvalue weighted by Gasteiger charge is -2.32. The molecule has 0 radical (unpaired) electrons.